The zero-order chi connectivity index (χ0) is 23.7. The van der Waals surface area contributed by atoms with E-state index in [9.17, 15) is 18.0 Å². The van der Waals surface area contributed by atoms with Gasteiger partial charge in [0.2, 0.25) is 0 Å². The fraction of sp³-hybridized carbons (Fsp3) is 0.250. The Labute approximate surface area is 197 Å². The molecular weight excluding hydrogens is 463 g/mol. The van der Waals surface area contributed by atoms with E-state index in [2.05, 4.69) is 15.0 Å². The van der Waals surface area contributed by atoms with Crippen molar-refractivity contribution in [2.75, 3.05) is 26.2 Å². The quantitative estimate of drug-likeness (QED) is 0.420. The molecule has 1 fully saturated rings. The standard InChI is InChI=1S/C24H20F3N5OS/c25-24(26,27)17-5-3-4-16(14-17)15-31-10-12-32(13-11-31)23(33)21-20(28-8-9-29-21)22-30-18-6-1-2-7-19(18)34-22/h1-9,14H,10-13,15H2. The van der Waals surface area contributed by atoms with Crippen LogP contribution in [0.5, 0.6) is 0 Å². The van der Waals surface area contributed by atoms with Crippen LogP contribution in [0, 0.1) is 0 Å². The topological polar surface area (TPSA) is 62.2 Å². The number of hydrogen-bond donors (Lipinski definition) is 0. The molecule has 0 spiro atoms. The number of amides is 1. The molecule has 0 bridgehead atoms. The lowest BCUT2D eigenvalue weighted by atomic mass is 10.1. The summed E-state index contributed by atoms with van der Waals surface area (Å²) < 4.78 is 40.0. The molecule has 1 saturated heterocycles. The normalized spacial score (nSPS) is 15.1. The molecule has 0 saturated carbocycles. The van der Waals surface area contributed by atoms with Gasteiger partial charge in [-0.25, -0.2) is 15.0 Å². The van der Waals surface area contributed by atoms with Gasteiger partial charge in [0.1, 0.15) is 10.7 Å². The molecule has 0 aliphatic carbocycles. The lowest BCUT2D eigenvalue weighted by Gasteiger charge is -2.34. The van der Waals surface area contributed by atoms with E-state index >= 15 is 0 Å². The van der Waals surface area contributed by atoms with Crippen LogP contribution in [0.15, 0.2) is 60.9 Å². The molecule has 4 aromatic rings. The Kier molecular flexibility index (Phi) is 6.01. The van der Waals surface area contributed by atoms with Gasteiger partial charge in [0.25, 0.3) is 5.91 Å². The van der Waals surface area contributed by atoms with Crippen LogP contribution < -0.4 is 0 Å². The van der Waals surface area contributed by atoms with E-state index in [1.165, 1.54) is 29.7 Å². The number of fused-ring (bicyclic) bond motifs is 1. The highest BCUT2D eigenvalue weighted by Crippen LogP contribution is 2.31. The van der Waals surface area contributed by atoms with Crippen molar-refractivity contribution in [3.8, 4) is 10.7 Å². The van der Waals surface area contributed by atoms with Gasteiger partial charge in [-0.2, -0.15) is 13.2 Å². The highest BCUT2D eigenvalue weighted by atomic mass is 32.1. The largest absolute Gasteiger partial charge is 0.416 e. The molecule has 10 heteroatoms. The van der Waals surface area contributed by atoms with Crippen molar-refractivity contribution in [2.45, 2.75) is 12.7 Å². The molecule has 174 valence electrons. The Morgan fingerprint density at radius 1 is 0.971 bits per heavy atom. The molecule has 34 heavy (non-hydrogen) atoms. The minimum Gasteiger partial charge on any atom is -0.335 e. The number of benzene rings is 2. The average Bonchev–Trinajstić information content (AvgIpc) is 3.28. The number of para-hydroxylation sites is 1. The van der Waals surface area contributed by atoms with Crippen LogP contribution >= 0.6 is 11.3 Å². The summed E-state index contributed by atoms with van der Waals surface area (Å²) in [4.78, 5) is 30.4. The second-order valence-electron chi connectivity index (χ2n) is 8.01. The number of nitrogens with zero attached hydrogens (tertiary/aromatic N) is 5. The third-order valence-electron chi connectivity index (χ3n) is 5.72. The fourth-order valence-corrected chi connectivity index (χ4v) is 4.95. The third-order valence-corrected chi connectivity index (χ3v) is 6.76. The zero-order valence-corrected chi connectivity index (χ0v) is 18.8. The molecule has 0 unspecified atom stereocenters. The summed E-state index contributed by atoms with van der Waals surface area (Å²) in [6.07, 6.45) is -1.32. The summed E-state index contributed by atoms with van der Waals surface area (Å²) in [7, 11) is 0. The van der Waals surface area contributed by atoms with Gasteiger partial charge in [0.05, 0.1) is 15.8 Å². The molecular formula is C24H20F3N5OS. The van der Waals surface area contributed by atoms with Crippen molar-refractivity contribution in [3.05, 3.63) is 77.7 Å². The SMILES string of the molecule is O=C(c1nccnc1-c1nc2ccccc2s1)N1CCN(Cc2cccc(C(F)(F)F)c2)CC1. The minimum atomic E-state index is -4.36. The van der Waals surface area contributed by atoms with E-state index in [-0.39, 0.29) is 11.6 Å². The number of rotatable bonds is 4. The van der Waals surface area contributed by atoms with Gasteiger partial charge >= 0.3 is 6.18 Å². The van der Waals surface area contributed by atoms with E-state index in [4.69, 9.17) is 0 Å². The van der Waals surface area contributed by atoms with Gasteiger partial charge in [0.15, 0.2) is 5.69 Å². The summed E-state index contributed by atoms with van der Waals surface area (Å²) in [6.45, 7) is 2.41. The molecule has 3 heterocycles. The Morgan fingerprint density at radius 3 is 2.50 bits per heavy atom. The summed E-state index contributed by atoms with van der Waals surface area (Å²) in [5.74, 6) is -0.221. The monoisotopic (exact) mass is 483 g/mol. The van der Waals surface area contributed by atoms with Gasteiger partial charge in [-0.3, -0.25) is 9.69 Å². The molecule has 0 atom stereocenters. The summed E-state index contributed by atoms with van der Waals surface area (Å²) in [6, 6.07) is 13.1. The van der Waals surface area contributed by atoms with Crippen molar-refractivity contribution >= 4 is 27.5 Å². The van der Waals surface area contributed by atoms with Crippen LogP contribution in [0.2, 0.25) is 0 Å². The first kappa shape index (κ1) is 22.4. The van der Waals surface area contributed by atoms with Crippen molar-refractivity contribution < 1.29 is 18.0 Å². The number of thiazole rings is 1. The van der Waals surface area contributed by atoms with E-state index in [1.54, 1.807) is 17.2 Å². The molecule has 0 N–H and O–H groups in total. The first-order chi connectivity index (χ1) is 16.4. The van der Waals surface area contributed by atoms with Gasteiger partial charge in [0, 0.05) is 45.1 Å². The second-order valence-corrected chi connectivity index (χ2v) is 9.04. The third kappa shape index (κ3) is 4.64. The van der Waals surface area contributed by atoms with E-state index in [1.807, 2.05) is 29.2 Å². The molecule has 6 nitrogen and oxygen atoms in total. The number of carbonyl (C=O) groups excluding carboxylic acids is 1. The Balaban J connectivity index is 1.28. The van der Waals surface area contributed by atoms with Crippen LogP contribution in [0.1, 0.15) is 21.6 Å². The minimum absolute atomic E-state index is 0.221. The lowest BCUT2D eigenvalue weighted by molar-refractivity contribution is -0.137. The van der Waals surface area contributed by atoms with Crippen LogP contribution in [0.3, 0.4) is 0 Å². The predicted octanol–water partition coefficient (Wildman–Crippen LogP) is 4.73. The highest BCUT2D eigenvalue weighted by molar-refractivity contribution is 7.21. The fourth-order valence-electron chi connectivity index (χ4n) is 3.99. The molecule has 1 amide bonds. The average molecular weight is 484 g/mol. The number of hydrogen-bond acceptors (Lipinski definition) is 6. The number of alkyl halides is 3. The number of piperazine rings is 1. The van der Waals surface area contributed by atoms with Crippen molar-refractivity contribution in [1.29, 1.82) is 0 Å². The lowest BCUT2D eigenvalue weighted by Crippen LogP contribution is -2.48. The number of carbonyl (C=O) groups is 1. The number of halogens is 3. The Hall–Kier alpha value is -3.37. The smallest absolute Gasteiger partial charge is 0.335 e. The highest BCUT2D eigenvalue weighted by Gasteiger charge is 2.31. The van der Waals surface area contributed by atoms with Gasteiger partial charge < -0.3 is 4.90 Å². The zero-order valence-electron chi connectivity index (χ0n) is 18.0. The maximum atomic E-state index is 13.3. The van der Waals surface area contributed by atoms with Gasteiger partial charge in [-0.15, -0.1) is 11.3 Å². The second kappa shape index (κ2) is 9.11. The van der Waals surface area contributed by atoms with Gasteiger partial charge in [-0.1, -0.05) is 30.3 Å². The van der Waals surface area contributed by atoms with Crippen molar-refractivity contribution in [3.63, 3.8) is 0 Å². The van der Waals surface area contributed by atoms with Crippen LogP contribution in [0.4, 0.5) is 13.2 Å². The first-order valence-electron chi connectivity index (χ1n) is 10.7. The first-order valence-corrected chi connectivity index (χ1v) is 11.5. The Bertz CT molecular complexity index is 1300. The van der Waals surface area contributed by atoms with E-state index < -0.39 is 11.7 Å². The van der Waals surface area contributed by atoms with Crippen LogP contribution in [-0.4, -0.2) is 56.8 Å². The van der Waals surface area contributed by atoms with E-state index in [0.29, 0.717) is 49.0 Å². The van der Waals surface area contributed by atoms with Crippen LogP contribution in [-0.2, 0) is 12.7 Å². The van der Waals surface area contributed by atoms with Crippen molar-refractivity contribution in [1.82, 2.24) is 24.8 Å². The molecule has 2 aromatic carbocycles. The summed E-state index contributed by atoms with van der Waals surface area (Å²) in [5, 5.41) is 0.640. The number of aromatic nitrogens is 3. The predicted molar refractivity (Wildman–Crippen MR) is 123 cm³/mol. The maximum Gasteiger partial charge on any atom is 0.416 e. The van der Waals surface area contributed by atoms with Gasteiger partial charge in [-0.05, 0) is 23.8 Å². The van der Waals surface area contributed by atoms with Crippen molar-refractivity contribution in [2.24, 2.45) is 0 Å². The van der Waals surface area contributed by atoms with Crippen LogP contribution in [0.25, 0.3) is 20.9 Å². The summed E-state index contributed by atoms with van der Waals surface area (Å²) in [5.41, 5.74) is 1.51. The molecule has 5 rings (SSSR count). The molecule has 1 aliphatic heterocycles. The summed E-state index contributed by atoms with van der Waals surface area (Å²) >= 11 is 1.46. The molecule has 2 aromatic heterocycles. The molecule has 0 radical (unpaired) electrons. The maximum absolute atomic E-state index is 13.3. The molecule has 1 aliphatic rings. The Morgan fingerprint density at radius 2 is 1.74 bits per heavy atom. The van der Waals surface area contributed by atoms with E-state index in [0.717, 1.165) is 16.3 Å².